The molecular formula is C11H21N3O. The molecule has 1 aromatic rings. The first kappa shape index (κ1) is 12.2. The van der Waals surface area contributed by atoms with E-state index in [2.05, 4.69) is 17.3 Å². The van der Waals surface area contributed by atoms with E-state index in [9.17, 15) is 0 Å². The first-order chi connectivity index (χ1) is 7.13. The first-order valence-corrected chi connectivity index (χ1v) is 5.45. The summed E-state index contributed by atoms with van der Waals surface area (Å²) in [5.74, 6) is 0. The molecule has 0 aromatic carbocycles. The highest BCUT2D eigenvalue weighted by Crippen LogP contribution is 2.03. The van der Waals surface area contributed by atoms with Crippen LogP contribution in [0.3, 0.4) is 0 Å². The zero-order valence-electron chi connectivity index (χ0n) is 10.1. The fourth-order valence-corrected chi connectivity index (χ4v) is 1.58. The summed E-state index contributed by atoms with van der Waals surface area (Å²) in [7, 11) is 1.94. The average molecular weight is 211 g/mol. The van der Waals surface area contributed by atoms with Gasteiger partial charge in [-0.2, -0.15) is 5.10 Å². The Kier molecular flexibility index (Phi) is 4.78. The maximum absolute atomic E-state index is 5.43. The number of rotatable bonds is 6. The van der Waals surface area contributed by atoms with Gasteiger partial charge in [-0.1, -0.05) is 0 Å². The molecule has 4 heteroatoms. The van der Waals surface area contributed by atoms with Crippen LogP contribution in [0.2, 0.25) is 0 Å². The van der Waals surface area contributed by atoms with Crippen LogP contribution < -0.4 is 5.32 Å². The average Bonchev–Trinajstić information content (AvgIpc) is 2.46. The molecule has 1 unspecified atom stereocenters. The quantitative estimate of drug-likeness (QED) is 0.769. The van der Waals surface area contributed by atoms with Gasteiger partial charge in [0.25, 0.3) is 0 Å². The maximum Gasteiger partial charge on any atom is 0.0671 e. The molecular weight excluding hydrogens is 190 g/mol. The lowest BCUT2D eigenvalue weighted by Crippen LogP contribution is -2.26. The molecule has 0 fully saturated rings. The lowest BCUT2D eigenvalue weighted by Gasteiger charge is -2.11. The van der Waals surface area contributed by atoms with Crippen LogP contribution in [0, 0.1) is 6.92 Å². The molecule has 86 valence electrons. The summed E-state index contributed by atoms with van der Waals surface area (Å²) in [6.07, 6.45) is 2.32. The predicted octanol–water partition coefficient (Wildman–Crippen LogP) is 1.24. The monoisotopic (exact) mass is 211 g/mol. The van der Waals surface area contributed by atoms with Crippen LogP contribution in [-0.2, 0) is 18.3 Å². The third-order valence-corrected chi connectivity index (χ3v) is 2.31. The van der Waals surface area contributed by atoms with Crippen LogP contribution in [0.5, 0.6) is 0 Å². The van der Waals surface area contributed by atoms with Crippen molar-refractivity contribution in [3.8, 4) is 0 Å². The smallest absolute Gasteiger partial charge is 0.0671 e. The van der Waals surface area contributed by atoms with Crippen molar-refractivity contribution in [1.29, 1.82) is 0 Å². The minimum Gasteiger partial charge on any atom is -0.377 e. The molecule has 4 nitrogen and oxygen atoms in total. The van der Waals surface area contributed by atoms with Gasteiger partial charge in [-0.3, -0.25) is 4.68 Å². The standard InChI is InChI=1S/C11H21N3O/c1-5-15-9(2)6-12-7-11-8-14(4)13-10(11)3/h8-9,12H,5-7H2,1-4H3. The van der Waals surface area contributed by atoms with E-state index >= 15 is 0 Å². The van der Waals surface area contributed by atoms with Crippen LogP contribution in [0.25, 0.3) is 0 Å². The molecule has 0 aliphatic heterocycles. The van der Waals surface area contributed by atoms with Crippen molar-refractivity contribution in [1.82, 2.24) is 15.1 Å². The van der Waals surface area contributed by atoms with Crippen molar-refractivity contribution in [2.75, 3.05) is 13.2 Å². The highest BCUT2D eigenvalue weighted by Gasteiger charge is 2.04. The molecule has 15 heavy (non-hydrogen) atoms. The molecule has 0 saturated carbocycles. The molecule has 0 bridgehead atoms. The minimum absolute atomic E-state index is 0.270. The Bertz CT molecular complexity index is 296. The van der Waals surface area contributed by atoms with Gasteiger partial charge in [0.2, 0.25) is 0 Å². The number of nitrogens with one attached hydrogen (secondary N) is 1. The van der Waals surface area contributed by atoms with Crippen LogP contribution in [0.1, 0.15) is 25.1 Å². The molecule has 0 radical (unpaired) electrons. The number of aryl methyl sites for hydroxylation is 2. The highest BCUT2D eigenvalue weighted by molar-refractivity contribution is 5.14. The number of hydrogen-bond donors (Lipinski definition) is 1. The lowest BCUT2D eigenvalue weighted by atomic mass is 10.2. The zero-order chi connectivity index (χ0) is 11.3. The molecule has 0 amide bonds. The molecule has 1 rings (SSSR count). The van der Waals surface area contributed by atoms with E-state index in [1.54, 1.807) is 0 Å². The molecule has 0 saturated heterocycles. The Morgan fingerprint density at radius 1 is 1.60 bits per heavy atom. The van der Waals surface area contributed by atoms with Crippen molar-refractivity contribution in [3.05, 3.63) is 17.5 Å². The first-order valence-electron chi connectivity index (χ1n) is 5.45. The van der Waals surface area contributed by atoms with Gasteiger partial charge in [0.05, 0.1) is 11.8 Å². The molecule has 0 aliphatic rings. The lowest BCUT2D eigenvalue weighted by molar-refractivity contribution is 0.0759. The van der Waals surface area contributed by atoms with Crippen LogP contribution >= 0.6 is 0 Å². The van der Waals surface area contributed by atoms with Gasteiger partial charge < -0.3 is 10.1 Å². The normalized spacial score (nSPS) is 13.1. The van der Waals surface area contributed by atoms with E-state index in [0.29, 0.717) is 0 Å². The predicted molar refractivity (Wildman–Crippen MR) is 60.7 cm³/mol. The third kappa shape index (κ3) is 4.01. The maximum atomic E-state index is 5.43. The molecule has 0 aliphatic carbocycles. The van der Waals surface area contributed by atoms with Crippen LogP contribution in [-0.4, -0.2) is 29.0 Å². The van der Waals surface area contributed by atoms with E-state index < -0.39 is 0 Å². The Balaban J connectivity index is 2.28. The second-order valence-electron chi connectivity index (χ2n) is 3.81. The van der Waals surface area contributed by atoms with Gasteiger partial charge in [-0.05, 0) is 20.8 Å². The largest absolute Gasteiger partial charge is 0.377 e. The Labute approximate surface area is 91.6 Å². The minimum atomic E-state index is 0.270. The summed E-state index contributed by atoms with van der Waals surface area (Å²) < 4.78 is 7.28. The van der Waals surface area contributed by atoms with Gasteiger partial charge in [-0.15, -0.1) is 0 Å². The molecule has 0 spiro atoms. The zero-order valence-corrected chi connectivity index (χ0v) is 10.1. The van der Waals surface area contributed by atoms with Crippen LogP contribution in [0.4, 0.5) is 0 Å². The van der Waals surface area contributed by atoms with E-state index in [0.717, 1.165) is 25.4 Å². The third-order valence-electron chi connectivity index (χ3n) is 2.31. The van der Waals surface area contributed by atoms with Gasteiger partial charge in [0.1, 0.15) is 0 Å². The second-order valence-corrected chi connectivity index (χ2v) is 3.81. The fraction of sp³-hybridized carbons (Fsp3) is 0.727. The van der Waals surface area contributed by atoms with Gasteiger partial charge >= 0.3 is 0 Å². The SMILES string of the molecule is CCOC(C)CNCc1cn(C)nc1C. The Hall–Kier alpha value is -0.870. The molecule has 1 N–H and O–H groups in total. The van der Waals surface area contributed by atoms with Gasteiger partial charge in [0, 0.05) is 38.5 Å². The summed E-state index contributed by atoms with van der Waals surface area (Å²) in [6, 6.07) is 0. The summed E-state index contributed by atoms with van der Waals surface area (Å²) in [6.45, 7) is 8.63. The Morgan fingerprint density at radius 3 is 2.87 bits per heavy atom. The van der Waals surface area contributed by atoms with E-state index in [1.165, 1.54) is 5.56 Å². The summed E-state index contributed by atoms with van der Waals surface area (Å²) in [5.41, 5.74) is 2.34. The van der Waals surface area contributed by atoms with E-state index in [-0.39, 0.29) is 6.10 Å². The second kappa shape index (κ2) is 5.88. The number of ether oxygens (including phenoxy) is 1. The molecule has 1 aromatic heterocycles. The topological polar surface area (TPSA) is 39.1 Å². The summed E-state index contributed by atoms with van der Waals surface area (Å²) in [5, 5.41) is 7.65. The fourth-order valence-electron chi connectivity index (χ4n) is 1.58. The van der Waals surface area contributed by atoms with Crippen LogP contribution in [0.15, 0.2) is 6.20 Å². The summed E-state index contributed by atoms with van der Waals surface area (Å²) >= 11 is 0. The van der Waals surface area contributed by atoms with Crippen molar-refractivity contribution in [2.45, 2.75) is 33.4 Å². The molecule has 1 heterocycles. The van der Waals surface area contributed by atoms with E-state index in [1.807, 2.05) is 31.8 Å². The highest BCUT2D eigenvalue weighted by atomic mass is 16.5. The van der Waals surface area contributed by atoms with Crippen molar-refractivity contribution in [2.24, 2.45) is 7.05 Å². The van der Waals surface area contributed by atoms with Crippen molar-refractivity contribution in [3.63, 3.8) is 0 Å². The van der Waals surface area contributed by atoms with Crippen molar-refractivity contribution < 1.29 is 4.74 Å². The number of nitrogens with zero attached hydrogens (tertiary/aromatic N) is 2. The Morgan fingerprint density at radius 2 is 2.33 bits per heavy atom. The van der Waals surface area contributed by atoms with Crippen molar-refractivity contribution >= 4 is 0 Å². The summed E-state index contributed by atoms with van der Waals surface area (Å²) in [4.78, 5) is 0. The molecule has 1 atom stereocenters. The number of hydrogen-bond acceptors (Lipinski definition) is 3. The van der Waals surface area contributed by atoms with E-state index in [4.69, 9.17) is 4.74 Å². The van der Waals surface area contributed by atoms with Gasteiger partial charge in [-0.25, -0.2) is 0 Å². The van der Waals surface area contributed by atoms with Gasteiger partial charge in [0.15, 0.2) is 0 Å². The number of aromatic nitrogens is 2.